The molecule has 1 aliphatic rings. The third kappa shape index (κ3) is 10.4. The number of hydrogen-bond acceptors (Lipinski definition) is 5. The molecule has 0 bridgehead atoms. The molecule has 1 aliphatic heterocycles. The standard InChI is InChI=1S/C22H41N7O2.HI/c1-18-17-19(2)29(26-18)12-8-10-25-20(23-6)24-9-7-11-27-13-15-28(16-14-27)21(30)31-22(3,4)5;/h17H,7-16H2,1-6H3,(H2,23,24,25);1H. The maximum atomic E-state index is 12.1. The van der Waals surface area contributed by atoms with Gasteiger partial charge in [-0.1, -0.05) is 0 Å². The molecule has 1 fully saturated rings. The van der Waals surface area contributed by atoms with Crippen LogP contribution in [-0.4, -0.2) is 90.1 Å². The minimum Gasteiger partial charge on any atom is -0.444 e. The zero-order chi connectivity index (χ0) is 22.9. The highest BCUT2D eigenvalue weighted by Gasteiger charge is 2.25. The van der Waals surface area contributed by atoms with Gasteiger partial charge in [-0.3, -0.25) is 14.6 Å². The molecule has 2 N–H and O–H groups in total. The van der Waals surface area contributed by atoms with Crippen molar-refractivity contribution in [1.29, 1.82) is 0 Å². The summed E-state index contributed by atoms with van der Waals surface area (Å²) in [5, 5.41) is 11.2. The van der Waals surface area contributed by atoms with E-state index in [0.717, 1.165) is 76.9 Å². The van der Waals surface area contributed by atoms with Crippen LogP contribution < -0.4 is 10.6 Å². The number of nitrogens with one attached hydrogen (secondary N) is 2. The fourth-order valence-electron chi connectivity index (χ4n) is 3.55. The molecule has 1 aromatic heterocycles. The highest BCUT2D eigenvalue weighted by Crippen LogP contribution is 2.12. The average Bonchev–Trinajstić information content (AvgIpc) is 3.02. The molecule has 0 unspecified atom stereocenters. The van der Waals surface area contributed by atoms with Gasteiger partial charge in [0.25, 0.3) is 0 Å². The Hall–Kier alpha value is -1.56. The molecule has 0 aliphatic carbocycles. The lowest BCUT2D eigenvalue weighted by Crippen LogP contribution is -2.50. The van der Waals surface area contributed by atoms with E-state index in [1.54, 1.807) is 11.9 Å². The van der Waals surface area contributed by atoms with Gasteiger partial charge in [0.15, 0.2) is 5.96 Å². The van der Waals surface area contributed by atoms with Crippen LogP contribution in [0.2, 0.25) is 0 Å². The number of guanidine groups is 1. The third-order valence-electron chi connectivity index (χ3n) is 5.13. The molecule has 184 valence electrons. The monoisotopic (exact) mass is 563 g/mol. The van der Waals surface area contributed by atoms with Gasteiger partial charge < -0.3 is 20.3 Å². The summed E-state index contributed by atoms with van der Waals surface area (Å²) >= 11 is 0. The molecule has 1 saturated heterocycles. The third-order valence-corrected chi connectivity index (χ3v) is 5.13. The van der Waals surface area contributed by atoms with Crippen LogP contribution >= 0.6 is 24.0 Å². The summed E-state index contributed by atoms with van der Waals surface area (Å²) in [5.74, 6) is 0.836. The lowest BCUT2D eigenvalue weighted by Gasteiger charge is -2.35. The van der Waals surface area contributed by atoms with Crippen LogP contribution in [0.1, 0.15) is 45.0 Å². The normalized spacial score (nSPS) is 15.3. The largest absolute Gasteiger partial charge is 0.444 e. The van der Waals surface area contributed by atoms with Crippen molar-refractivity contribution in [3.8, 4) is 0 Å². The molecule has 1 amide bonds. The highest BCUT2D eigenvalue weighted by atomic mass is 127. The number of amides is 1. The number of carbonyl (C=O) groups is 1. The Morgan fingerprint density at radius 1 is 1.09 bits per heavy atom. The van der Waals surface area contributed by atoms with E-state index in [1.807, 2.05) is 27.7 Å². The Kier molecular flexibility index (Phi) is 12.3. The van der Waals surface area contributed by atoms with Crippen LogP contribution in [0.4, 0.5) is 4.79 Å². The predicted molar refractivity (Wildman–Crippen MR) is 140 cm³/mol. The predicted octanol–water partition coefficient (Wildman–Crippen LogP) is 2.62. The molecule has 2 rings (SSSR count). The second-order valence-corrected chi connectivity index (χ2v) is 9.09. The van der Waals surface area contributed by atoms with Crippen molar-refractivity contribution in [3.63, 3.8) is 0 Å². The Labute approximate surface area is 210 Å². The zero-order valence-electron chi connectivity index (χ0n) is 20.6. The second kappa shape index (κ2) is 13.9. The maximum absolute atomic E-state index is 12.1. The van der Waals surface area contributed by atoms with Crippen LogP contribution in [0.5, 0.6) is 0 Å². The lowest BCUT2D eigenvalue weighted by atomic mass is 10.2. The van der Waals surface area contributed by atoms with Gasteiger partial charge in [-0.15, -0.1) is 24.0 Å². The number of nitrogens with zero attached hydrogens (tertiary/aromatic N) is 5. The van der Waals surface area contributed by atoms with Crippen molar-refractivity contribution in [2.24, 2.45) is 4.99 Å². The van der Waals surface area contributed by atoms with E-state index >= 15 is 0 Å². The molecule has 10 heteroatoms. The SMILES string of the molecule is CN=C(NCCCN1CCN(C(=O)OC(C)(C)C)CC1)NCCCn1nc(C)cc1C.I. The van der Waals surface area contributed by atoms with Crippen LogP contribution in [0.15, 0.2) is 11.1 Å². The van der Waals surface area contributed by atoms with E-state index in [2.05, 4.69) is 43.3 Å². The summed E-state index contributed by atoms with van der Waals surface area (Å²) in [6.07, 6.45) is 1.81. The number of hydrogen-bond donors (Lipinski definition) is 2. The molecular weight excluding hydrogens is 521 g/mol. The summed E-state index contributed by atoms with van der Waals surface area (Å²) in [6.45, 7) is 16.7. The molecule has 0 radical (unpaired) electrons. The topological polar surface area (TPSA) is 87.0 Å². The van der Waals surface area contributed by atoms with Crippen molar-refractivity contribution < 1.29 is 9.53 Å². The van der Waals surface area contributed by atoms with Crippen molar-refractivity contribution in [1.82, 2.24) is 30.2 Å². The van der Waals surface area contributed by atoms with Crippen molar-refractivity contribution in [3.05, 3.63) is 17.5 Å². The van der Waals surface area contributed by atoms with Gasteiger partial charge in [-0.2, -0.15) is 5.10 Å². The Morgan fingerprint density at radius 2 is 1.69 bits per heavy atom. The minimum atomic E-state index is -0.441. The first kappa shape index (κ1) is 28.5. The van der Waals surface area contributed by atoms with E-state index in [4.69, 9.17) is 4.74 Å². The lowest BCUT2D eigenvalue weighted by molar-refractivity contribution is 0.0145. The van der Waals surface area contributed by atoms with Gasteiger partial charge in [-0.25, -0.2) is 4.79 Å². The number of halogens is 1. The number of aromatic nitrogens is 2. The Bertz CT molecular complexity index is 722. The van der Waals surface area contributed by atoms with Crippen LogP contribution in [0.25, 0.3) is 0 Å². The molecule has 2 heterocycles. The van der Waals surface area contributed by atoms with Crippen LogP contribution in [0.3, 0.4) is 0 Å². The minimum absolute atomic E-state index is 0. The second-order valence-electron chi connectivity index (χ2n) is 9.09. The van der Waals surface area contributed by atoms with Gasteiger partial charge in [-0.05, 0) is 60.1 Å². The summed E-state index contributed by atoms with van der Waals surface area (Å²) < 4.78 is 7.51. The first-order chi connectivity index (χ1) is 14.7. The smallest absolute Gasteiger partial charge is 0.410 e. The van der Waals surface area contributed by atoms with Crippen LogP contribution in [0, 0.1) is 13.8 Å². The van der Waals surface area contributed by atoms with Gasteiger partial charge in [0.2, 0.25) is 0 Å². The van der Waals surface area contributed by atoms with Gasteiger partial charge in [0.1, 0.15) is 5.60 Å². The zero-order valence-corrected chi connectivity index (χ0v) is 22.9. The number of rotatable bonds is 8. The molecule has 1 aromatic rings. The summed E-state index contributed by atoms with van der Waals surface area (Å²) in [7, 11) is 1.80. The Morgan fingerprint density at radius 3 is 2.19 bits per heavy atom. The number of carbonyl (C=O) groups excluding carboxylic acids is 1. The van der Waals surface area contributed by atoms with E-state index in [-0.39, 0.29) is 30.1 Å². The molecule has 0 saturated carbocycles. The first-order valence-electron chi connectivity index (χ1n) is 11.3. The van der Waals surface area contributed by atoms with Gasteiger partial charge in [0.05, 0.1) is 5.69 Å². The summed E-state index contributed by atoms with van der Waals surface area (Å²) in [5.41, 5.74) is 1.82. The van der Waals surface area contributed by atoms with Crippen molar-refractivity contribution in [2.45, 2.75) is 59.6 Å². The summed E-state index contributed by atoms with van der Waals surface area (Å²) in [6, 6.07) is 2.10. The average molecular weight is 564 g/mol. The van der Waals surface area contributed by atoms with E-state index in [0.29, 0.717) is 0 Å². The highest BCUT2D eigenvalue weighted by molar-refractivity contribution is 14.0. The fourth-order valence-corrected chi connectivity index (χ4v) is 3.55. The van der Waals surface area contributed by atoms with E-state index < -0.39 is 5.60 Å². The van der Waals surface area contributed by atoms with Gasteiger partial charge in [0, 0.05) is 58.6 Å². The number of aryl methyl sites for hydroxylation is 3. The molecule has 0 spiro atoms. The Balaban J connectivity index is 0.00000512. The first-order valence-corrected chi connectivity index (χ1v) is 11.3. The van der Waals surface area contributed by atoms with E-state index in [9.17, 15) is 4.79 Å². The number of aliphatic imine (C=N–C) groups is 1. The van der Waals surface area contributed by atoms with E-state index in [1.165, 1.54) is 5.69 Å². The van der Waals surface area contributed by atoms with Crippen LogP contribution in [-0.2, 0) is 11.3 Å². The van der Waals surface area contributed by atoms with Crippen molar-refractivity contribution >= 4 is 36.0 Å². The summed E-state index contributed by atoms with van der Waals surface area (Å²) in [4.78, 5) is 20.6. The molecular formula is C22H42IN7O2. The molecule has 0 aromatic carbocycles. The molecule has 0 atom stereocenters. The number of ether oxygens (including phenoxy) is 1. The fraction of sp³-hybridized carbons (Fsp3) is 0.773. The molecule has 32 heavy (non-hydrogen) atoms. The maximum Gasteiger partial charge on any atom is 0.410 e. The van der Waals surface area contributed by atoms with Crippen molar-refractivity contribution in [2.75, 3.05) is 52.9 Å². The van der Waals surface area contributed by atoms with Gasteiger partial charge >= 0.3 is 6.09 Å². The quantitative estimate of drug-likeness (QED) is 0.219. The number of piperazine rings is 1. The molecule has 9 nitrogen and oxygen atoms in total.